The number of halogens is 3. The first-order chi connectivity index (χ1) is 17.2. The van der Waals surface area contributed by atoms with Crippen molar-refractivity contribution in [3.63, 3.8) is 0 Å². The highest BCUT2D eigenvalue weighted by molar-refractivity contribution is 7.99. The van der Waals surface area contributed by atoms with E-state index in [0.29, 0.717) is 32.8 Å². The van der Waals surface area contributed by atoms with E-state index in [1.54, 1.807) is 34.9 Å². The molecule has 0 bridgehead atoms. The molecule has 0 radical (unpaired) electrons. The zero-order valence-corrected chi connectivity index (χ0v) is 23.3. The minimum Gasteiger partial charge on any atom is -0.352 e. The van der Waals surface area contributed by atoms with Crippen LogP contribution in [0.5, 0.6) is 0 Å². The molecule has 3 aromatic rings. The second-order valence-electron chi connectivity index (χ2n) is 8.64. The number of thioether (sulfide) groups is 1. The van der Waals surface area contributed by atoms with Crippen LogP contribution in [0.4, 0.5) is 0 Å². The number of hydrogen-bond donors (Lipinski definition) is 1. The van der Waals surface area contributed by atoms with E-state index in [1.165, 1.54) is 0 Å². The number of carbonyl (C=O) groups is 2. The number of carbonyl (C=O) groups excluding carboxylic acids is 2. The molecular weight excluding hydrogens is 535 g/mol. The van der Waals surface area contributed by atoms with Gasteiger partial charge in [0, 0.05) is 56.7 Å². The Bertz CT molecular complexity index is 1140. The molecule has 0 aromatic heterocycles. The Labute approximate surface area is 232 Å². The standard InChI is InChI=1S/C28H29Cl3N2O2S/c1-19(2)32-28(35)26(17-20-7-4-3-5-8-20)33(18-23-24(30)9-6-10-25(23)31)27(34)15-16-36-22-13-11-21(29)12-14-22/h3-14,19,26H,15-18H2,1-2H3,(H,32,35). The molecule has 190 valence electrons. The molecule has 0 aliphatic rings. The zero-order chi connectivity index (χ0) is 26.1. The Morgan fingerprint density at radius 1 is 0.889 bits per heavy atom. The Morgan fingerprint density at radius 3 is 2.14 bits per heavy atom. The van der Waals surface area contributed by atoms with Crippen molar-refractivity contribution in [3.05, 3.63) is 99.0 Å². The van der Waals surface area contributed by atoms with E-state index in [4.69, 9.17) is 34.8 Å². The van der Waals surface area contributed by atoms with Crippen molar-refractivity contribution < 1.29 is 9.59 Å². The lowest BCUT2D eigenvalue weighted by Crippen LogP contribution is -2.52. The molecule has 3 aromatic carbocycles. The third-order valence-corrected chi connectivity index (χ3v) is 7.46. The molecule has 1 atom stereocenters. The largest absolute Gasteiger partial charge is 0.352 e. The van der Waals surface area contributed by atoms with Gasteiger partial charge in [-0.2, -0.15) is 0 Å². The van der Waals surface area contributed by atoms with Gasteiger partial charge >= 0.3 is 0 Å². The summed E-state index contributed by atoms with van der Waals surface area (Å²) in [6.07, 6.45) is 0.618. The summed E-state index contributed by atoms with van der Waals surface area (Å²) >= 11 is 20.5. The molecule has 36 heavy (non-hydrogen) atoms. The molecule has 4 nitrogen and oxygen atoms in total. The van der Waals surface area contributed by atoms with Crippen LogP contribution in [-0.2, 0) is 22.6 Å². The molecule has 0 heterocycles. The Morgan fingerprint density at radius 2 is 1.53 bits per heavy atom. The number of nitrogens with one attached hydrogen (secondary N) is 1. The molecule has 0 saturated heterocycles. The predicted molar refractivity (Wildman–Crippen MR) is 151 cm³/mol. The number of nitrogens with zero attached hydrogens (tertiary/aromatic N) is 1. The second-order valence-corrected chi connectivity index (χ2v) is 11.1. The average Bonchev–Trinajstić information content (AvgIpc) is 2.84. The third kappa shape index (κ3) is 8.45. The third-order valence-electron chi connectivity index (χ3n) is 5.49. The fourth-order valence-electron chi connectivity index (χ4n) is 3.72. The zero-order valence-electron chi connectivity index (χ0n) is 20.2. The Hall–Kier alpha value is -2.18. The molecule has 0 aliphatic heterocycles. The van der Waals surface area contributed by atoms with Gasteiger partial charge in [0.15, 0.2) is 0 Å². The summed E-state index contributed by atoms with van der Waals surface area (Å²) in [5, 5.41) is 4.56. The van der Waals surface area contributed by atoms with Gasteiger partial charge < -0.3 is 10.2 Å². The highest BCUT2D eigenvalue weighted by Gasteiger charge is 2.31. The summed E-state index contributed by atoms with van der Waals surface area (Å²) in [6.45, 7) is 3.93. The molecule has 1 N–H and O–H groups in total. The van der Waals surface area contributed by atoms with E-state index in [0.717, 1.165) is 10.5 Å². The maximum atomic E-state index is 13.7. The SMILES string of the molecule is CC(C)NC(=O)C(Cc1ccccc1)N(Cc1c(Cl)cccc1Cl)C(=O)CCSc1ccc(Cl)cc1. The van der Waals surface area contributed by atoms with Gasteiger partial charge in [0.2, 0.25) is 11.8 Å². The van der Waals surface area contributed by atoms with Gasteiger partial charge in [0.1, 0.15) is 6.04 Å². The van der Waals surface area contributed by atoms with Crippen molar-refractivity contribution in [3.8, 4) is 0 Å². The molecule has 1 unspecified atom stereocenters. The first-order valence-corrected chi connectivity index (χ1v) is 13.8. The van der Waals surface area contributed by atoms with Crippen molar-refractivity contribution in [2.75, 3.05) is 5.75 Å². The van der Waals surface area contributed by atoms with Gasteiger partial charge in [0.25, 0.3) is 0 Å². The highest BCUT2D eigenvalue weighted by atomic mass is 35.5. The van der Waals surface area contributed by atoms with Crippen LogP contribution < -0.4 is 5.32 Å². The van der Waals surface area contributed by atoms with E-state index < -0.39 is 6.04 Å². The number of benzene rings is 3. The van der Waals surface area contributed by atoms with Gasteiger partial charge in [-0.15, -0.1) is 11.8 Å². The monoisotopic (exact) mass is 562 g/mol. The van der Waals surface area contributed by atoms with Crippen LogP contribution in [-0.4, -0.2) is 34.6 Å². The Balaban J connectivity index is 1.89. The van der Waals surface area contributed by atoms with Crippen molar-refractivity contribution in [1.29, 1.82) is 0 Å². The highest BCUT2D eigenvalue weighted by Crippen LogP contribution is 2.28. The van der Waals surface area contributed by atoms with Gasteiger partial charge in [-0.3, -0.25) is 9.59 Å². The summed E-state index contributed by atoms with van der Waals surface area (Å²) in [5.41, 5.74) is 1.58. The number of amides is 2. The van der Waals surface area contributed by atoms with Crippen LogP contribution in [0.2, 0.25) is 15.1 Å². The van der Waals surface area contributed by atoms with Gasteiger partial charge in [-0.25, -0.2) is 0 Å². The summed E-state index contributed by atoms with van der Waals surface area (Å²) in [4.78, 5) is 29.7. The smallest absolute Gasteiger partial charge is 0.243 e. The van der Waals surface area contributed by atoms with Crippen molar-refractivity contribution in [2.45, 2.75) is 50.2 Å². The van der Waals surface area contributed by atoms with E-state index in [2.05, 4.69) is 5.32 Å². The van der Waals surface area contributed by atoms with Crippen LogP contribution in [0, 0.1) is 0 Å². The molecular formula is C28H29Cl3N2O2S. The first-order valence-electron chi connectivity index (χ1n) is 11.7. The average molecular weight is 564 g/mol. The van der Waals surface area contributed by atoms with Crippen LogP contribution in [0.1, 0.15) is 31.4 Å². The van der Waals surface area contributed by atoms with Crippen LogP contribution in [0.25, 0.3) is 0 Å². The minimum atomic E-state index is -0.727. The lowest BCUT2D eigenvalue weighted by atomic mass is 10.0. The maximum absolute atomic E-state index is 13.7. The van der Waals surface area contributed by atoms with Crippen molar-refractivity contribution in [1.82, 2.24) is 10.2 Å². The van der Waals surface area contributed by atoms with Crippen LogP contribution in [0.15, 0.2) is 77.7 Å². The Kier molecular flexibility index (Phi) is 11.0. The summed E-state index contributed by atoms with van der Waals surface area (Å²) < 4.78 is 0. The molecule has 0 aliphatic carbocycles. The summed E-state index contributed by atoms with van der Waals surface area (Å²) in [7, 11) is 0. The number of rotatable bonds is 11. The van der Waals surface area contributed by atoms with E-state index in [-0.39, 0.29) is 30.8 Å². The van der Waals surface area contributed by atoms with Gasteiger partial charge in [-0.1, -0.05) is 71.2 Å². The molecule has 8 heteroatoms. The lowest BCUT2D eigenvalue weighted by Gasteiger charge is -2.32. The van der Waals surface area contributed by atoms with Crippen LogP contribution in [0.3, 0.4) is 0 Å². The fraction of sp³-hybridized carbons (Fsp3) is 0.286. The van der Waals surface area contributed by atoms with Crippen LogP contribution >= 0.6 is 46.6 Å². The van der Waals surface area contributed by atoms with Gasteiger partial charge in [0.05, 0.1) is 0 Å². The van der Waals surface area contributed by atoms with Gasteiger partial charge in [-0.05, 0) is 55.8 Å². The summed E-state index contributed by atoms with van der Waals surface area (Å²) in [6, 6.07) is 21.6. The number of hydrogen-bond acceptors (Lipinski definition) is 3. The minimum absolute atomic E-state index is 0.0721. The topological polar surface area (TPSA) is 49.4 Å². The summed E-state index contributed by atoms with van der Waals surface area (Å²) in [5.74, 6) is 0.194. The second kappa shape index (κ2) is 13.9. The fourth-order valence-corrected chi connectivity index (χ4v) is 5.20. The van der Waals surface area contributed by atoms with Crippen molar-refractivity contribution >= 4 is 58.4 Å². The molecule has 0 saturated carbocycles. The van der Waals surface area contributed by atoms with E-state index in [1.807, 2.05) is 68.4 Å². The molecule has 0 fully saturated rings. The van der Waals surface area contributed by atoms with E-state index in [9.17, 15) is 9.59 Å². The normalized spacial score (nSPS) is 11.8. The molecule has 3 rings (SSSR count). The molecule has 0 spiro atoms. The van der Waals surface area contributed by atoms with E-state index >= 15 is 0 Å². The van der Waals surface area contributed by atoms with Crippen molar-refractivity contribution in [2.24, 2.45) is 0 Å². The maximum Gasteiger partial charge on any atom is 0.243 e. The first kappa shape index (κ1) is 28.4. The predicted octanol–water partition coefficient (Wildman–Crippen LogP) is 7.29. The lowest BCUT2D eigenvalue weighted by molar-refractivity contribution is -0.141. The molecule has 2 amide bonds. The quantitative estimate of drug-likeness (QED) is 0.249.